The van der Waals surface area contributed by atoms with Crippen molar-refractivity contribution < 1.29 is 13.2 Å². The number of rotatable bonds is 2. The van der Waals surface area contributed by atoms with E-state index in [1.165, 1.54) is 0 Å². The molecule has 20 heavy (non-hydrogen) atoms. The van der Waals surface area contributed by atoms with Crippen LogP contribution in [0, 0.1) is 32.6 Å². The van der Waals surface area contributed by atoms with Gasteiger partial charge in [-0.05, 0) is 61.3 Å². The van der Waals surface area contributed by atoms with Gasteiger partial charge in [0.1, 0.15) is 5.75 Å². The molecule has 2 N–H and O–H groups in total. The third-order valence-electron chi connectivity index (χ3n) is 4.45. The zero-order valence-corrected chi connectivity index (χ0v) is 13.6. The molecule has 5 heteroatoms. The second kappa shape index (κ2) is 5.04. The largest absolute Gasteiger partial charge is 0.493 e. The van der Waals surface area contributed by atoms with Crippen molar-refractivity contribution in [3.05, 3.63) is 22.3 Å². The molecule has 1 aromatic carbocycles. The van der Waals surface area contributed by atoms with Crippen LogP contribution in [-0.4, -0.2) is 15.0 Å². The third kappa shape index (κ3) is 2.44. The Kier molecular flexibility index (Phi) is 3.86. The minimum Gasteiger partial charge on any atom is -0.493 e. The van der Waals surface area contributed by atoms with E-state index in [4.69, 9.17) is 9.88 Å². The lowest BCUT2D eigenvalue weighted by Gasteiger charge is -2.31. The molecule has 2 rings (SSSR count). The van der Waals surface area contributed by atoms with Crippen LogP contribution in [0.1, 0.15) is 36.1 Å². The highest BCUT2D eigenvalue weighted by Gasteiger charge is 2.30. The average Bonchev–Trinajstić information content (AvgIpc) is 2.34. The van der Waals surface area contributed by atoms with Crippen molar-refractivity contribution in [1.29, 1.82) is 0 Å². The highest BCUT2D eigenvalue weighted by atomic mass is 32.2. The summed E-state index contributed by atoms with van der Waals surface area (Å²) in [6.45, 7) is 10.5. The number of benzene rings is 1. The van der Waals surface area contributed by atoms with Gasteiger partial charge < -0.3 is 4.74 Å². The standard InChI is InChI=1S/C15H23NO3S/c1-8(2)12-6-13-11(5)15(20(16,17)18)10(4)9(3)14(13)19-7-12/h8,12H,6-7H2,1-5H3,(H2,16,17,18). The van der Waals surface area contributed by atoms with Crippen LogP contribution < -0.4 is 9.88 Å². The van der Waals surface area contributed by atoms with Crippen LogP contribution in [0.3, 0.4) is 0 Å². The molecule has 1 unspecified atom stereocenters. The molecule has 0 spiro atoms. The number of nitrogens with two attached hydrogens (primary N) is 1. The molecule has 0 bridgehead atoms. The van der Waals surface area contributed by atoms with Gasteiger partial charge in [0.2, 0.25) is 10.0 Å². The van der Waals surface area contributed by atoms with E-state index in [-0.39, 0.29) is 4.90 Å². The van der Waals surface area contributed by atoms with Crippen LogP contribution in [0.15, 0.2) is 4.90 Å². The zero-order chi connectivity index (χ0) is 15.2. The lowest BCUT2D eigenvalue weighted by molar-refractivity contribution is 0.183. The highest BCUT2D eigenvalue weighted by Crippen LogP contribution is 2.40. The third-order valence-corrected chi connectivity index (χ3v) is 5.63. The van der Waals surface area contributed by atoms with E-state index in [2.05, 4.69) is 13.8 Å². The van der Waals surface area contributed by atoms with Crippen LogP contribution in [0.25, 0.3) is 0 Å². The first-order valence-corrected chi connectivity index (χ1v) is 8.47. The number of sulfonamides is 1. The Morgan fingerprint density at radius 2 is 1.75 bits per heavy atom. The molecular weight excluding hydrogens is 274 g/mol. The maximum Gasteiger partial charge on any atom is 0.238 e. The van der Waals surface area contributed by atoms with E-state index >= 15 is 0 Å². The first kappa shape index (κ1) is 15.3. The quantitative estimate of drug-likeness (QED) is 0.911. The normalized spacial score (nSPS) is 18.9. The Balaban J connectivity index is 2.69. The van der Waals surface area contributed by atoms with Crippen molar-refractivity contribution in [2.75, 3.05) is 6.61 Å². The van der Waals surface area contributed by atoms with Crippen LogP contribution in [-0.2, 0) is 16.4 Å². The molecule has 1 aliphatic rings. The van der Waals surface area contributed by atoms with E-state index < -0.39 is 10.0 Å². The van der Waals surface area contributed by atoms with Gasteiger partial charge in [-0.25, -0.2) is 13.6 Å². The van der Waals surface area contributed by atoms with E-state index in [0.29, 0.717) is 24.0 Å². The Morgan fingerprint density at radius 3 is 2.25 bits per heavy atom. The van der Waals surface area contributed by atoms with Crippen LogP contribution in [0.2, 0.25) is 0 Å². The lowest BCUT2D eigenvalue weighted by Crippen LogP contribution is -2.28. The summed E-state index contributed by atoms with van der Waals surface area (Å²) in [5.41, 5.74) is 3.33. The summed E-state index contributed by atoms with van der Waals surface area (Å²) in [6, 6.07) is 0. The first-order chi connectivity index (χ1) is 9.14. The maximum atomic E-state index is 11.9. The molecule has 1 aromatic rings. The molecule has 1 atom stereocenters. The van der Waals surface area contributed by atoms with E-state index in [1.807, 2.05) is 13.8 Å². The number of hydrogen-bond donors (Lipinski definition) is 1. The van der Waals surface area contributed by atoms with E-state index in [9.17, 15) is 8.42 Å². The second-order valence-corrected chi connectivity index (χ2v) is 7.57. The number of primary sulfonamides is 1. The fourth-order valence-corrected chi connectivity index (χ4v) is 4.09. The van der Waals surface area contributed by atoms with Crippen molar-refractivity contribution in [1.82, 2.24) is 0 Å². The van der Waals surface area contributed by atoms with Gasteiger partial charge in [-0.15, -0.1) is 0 Å². The molecule has 112 valence electrons. The summed E-state index contributed by atoms with van der Waals surface area (Å²) in [6.07, 6.45) is 0.850. The SMILES string of the molecule is Cc1c(C)c(S(N)(=O)=O)c(C)c2c1OCC(C(C)C)C2. The van der Waals surface area contributed by atoms with Gasteiger partial charge in [0.25, 0.3) is 0 Å². The predicted octanol–water partition coefficient (Wildman–Crippen LogP) is 2.47. The molecule has 0 aromatic heterocycles. The molecule has 0 saturated heterocycles. The zero-order valence-electron chi connectivity index (χ0n) is 12.8. The van der Waals surface area contributed by atoms with Gasteiger partial charge in [-0.2, -0.15) is 0 Å². The molecule has 1 heterocycles. The minimum absolute atomic E-state index is 0.266. The Labute approximate surface area is 121 Å². The van der Waals surface area contributed by atoms with Gasteiger partial charge >= 0.3 is 0 Å². The predicted molar refractivity (Wildman–Crippen MR) is 79.6 cm³/mol. The summed E-state index contributed by atoms with van der Waals surface area (Å²) < 4.78 is 29.7. The van der Waals surface area contributed by atoms with Gasteiger partial charge in [-0.1, -0.05) is 13.8 Å². The summed E-state index contributed by atoms with van der Waals surface area (Å²) in [5.74, 6) is 1.77. The summed E-state index contributed by atoms with van der Waals surface area (Å²) in [5, 5.41) is 5.39. The lowest BCUT2D eigenvalue weighted by atomic mass is 9.84. The molecule has 0 radical (unpaired) electrons. The molecule has 0 saturated carbocycles. The van der Waals surface area contributed by atoms with Crippen LogP contribution in [0.5, 0.6) is 5.75 Å². The first-order valence-electron chi connectivity index (χ1n) is 6.92. The molecule has 0 fully saturated rings. The van der Waals surface area contributed by atoms with Crippen LogP contribution in [0.4, 0.5) is 0 Å². The Bertz CT molecular complexity index is 648. The summed E-state index contributed by atoms with van der Waals surface area (Å²) in [7, 11) is -3.71. The topological polar surface area (TPSA) is 69.4 Å². The summed E-state index contributed by atoms with van der Waals surface area (Å²) in [4.78, 5) is 0.266. The van der Waals surface area contributed by atoms with Crippen molar-refractivity contribution >= 4 is 10.0 Å². The van der Waals surface area contributed by atoms with E-state index in [1.54, 1.807) is 6.92 Å². The average molecular weight is 297 g/mol. The summed E-state index contributed by atoms with van der Waals surface area (Å²) >= 11 is 0. The van der Waals surface area contributed by atoms with Crippen molar-refractivity contribution in [2.45, 2.75) is 45.9 Å². The molecule has 1 aliphatic heterocycles. The molecule has 0 amide bonds. The number of fused-ring (bicyclic) bond motifs is 1. The minimum atomic E-state index is -3.71. The van der Waals surface area contributed by atoms with Gasteiger partial charge in [0.05, 0.1) is 11.5 Å². The molecular formula is C15H23NO3S. The molecule has 4 nitrogen and oxygen atoms in total. The fourth-order valence-electron chi connectivity index (χ4n) is 2.96. The maximum absolute atomic E-state index is 11.9. The van der Waals surface area contributed by atoms with Crippen molar-refractivity contribution in [3.63, 3.8) is 0 Å². The second-order valence-electron chi connectivity index (χ2n) is 6.08. The number of ether oxygens (including phenoxy) is 1. The highest BCUT2D eigenvalue weighted by molar-refractivity contribution is 7.89. The van der Waals surface area contributed by atoms with Gasteiger partial charge in [0.15, 0.2) is 0 Å². The van der Waals surface area contributed by atoms with Crippen molar-refractivity contribution in [3.8, 4) is 5.75 Å². The van der Waals surface area contributed by atoms with E-state index in [0.717, 1.165) is 28.9 Å². The fraction of sp³-hybridized carbons (Fsp3) is 0.600. The number of hydrogen-bond acceptors (Lipinski definition) is 3. The van der Waals surface area contributed by atoms with Gasteiger partial charge in [-0.3, -0.25) is 0 Å². The smallest absolute Gasteiger partial charge is 0.238 e. The monoisotopic (exact) mass is 297 g/mol. The Hall–Kier alpha value is -1.07. The van der Waals surface area contributed by atoms with Crippen LogP contribution >= 0.6 is 0 Å². The van der Waals surface area contributed by atoms with Gasteiger partial charge in [0, 0.05) is 0 Å². The molecule has 0 aliphatic carbocycles. The van der Waals surface area contributed by atoms with Crippen molar-refractivity contribution in [2.24, 2.45) is 17.0 Å². The Morgan fingerprint density at radius 1 is 1.15 bits per heavy atom.